The van der Waals surface area contributed by atoms with Gasteiger partial charge in [0.2, 0.25) is 0 Å². The summed E-state index contributed by atoms with van der Waals surface area (Å²) in [6.45, 7) is 1.74. The summed E-state index contributed by atoms with van der Waals surface area (Å²) in [6, 6.07) is 7.80. The van der Waals surface area contributed by atoms with Crippen LogP contribution in [-0.2, 0) is 20.8 Å². The molecule has 0 radical (unpaired) electrons. The van der Waals surface area contributed by atoms with Gasteiger partial charge in [-0.1, -0.05) is 12.1 Å². The van der Waals surface area contributed by atoms with Crippen molar-refractivity contribution >= 4 is 16.8 Å². The van der Waals surface area contributed by atoms with Gasteiger partial charge in [0.05, 0.1) is 30.6 Å². The van der Waals surface area contributed by atoms with Crippen molar-refractivity contribution in [3.05, 3.63) is 63.2 Å². The van der Waals surface area contributed by atoms with Crippen molar-refractivity contribution in [2.24, 2.45) is 0 Å². The summed E-state index contributed by atoms with van der Waals surface area (Å²) in [7, 11) is 0. The molecule has 1 fully saturated rings. The van der Waals surface area contributed by atoms with Crippen molar-refractivity contribution in [3.8, 4) is 0 Å². The van der Waals surface area contributed by atoms with Crippen LogP contribution in [0.5, 0.6) is 0 Å². The fraction of sp³-hybridized carbons (Fsp3) is 0.478. The van der Waals surface area contributed by atoms with E-state index in [4.69, 9.17) is 9.47 Å². The molecule has 182 valence electrons. The van der Waals surface area contributed by atoms with E-state index in [-0.39, 0.29) is 24.4 Å². The van der Waals surface area contributed by atoms with Crippen LogP contribution in [0.4, 0.5) is 0 Å². The summed E-state index contributed by atoms with van der Waals surface area (Å²) in [6.07, 6.45) is -0.00322. The van der Waals surface area contributed by atoms with Gasteiger partial charge in [0, 0.05) is 31.1 Å². The van der Waals surface area contributed by atoms with Crippen molar-refractivity contribution in [1.29, 1.82) is 0 Å². The molecule has 3 aromatic rings. The lowest BCUT2D eigenvalue weighted by molar-refractivity contribution is -0.122. The van der Waals surface area contributed by atoms with Crippen molar-refractivity contribution in [2.75, 3.05) is 13.2 Å². The maximum absolute atomic E-state index is 12.4. The number of imidazole rings is 1. The van der Waals surface area contributed by atoms with Crippen LogP contribution in [0.2, 0.25) is 0 Å². The molecule has 1 aromatic carbocycles. The van der Waals surface area contributed by atoms with Gasteiger partial charge in [0.1, 0.15) is 24.1 Å². The Morgan fingerprint density at radius 3 is 2.85 bits per heavy atom. The quantitative estimate of drug-likeness (QED) is 0.381. The molecule has 1 aliphatic rings. The number of para-hydroxylation sites is 2. The van der Waals surface area contributed by atoms with Crippen LogP contribution >= 0.6 is 0 Å². The van der Waals surface area contributed by atoms with E-state index in [2.05, 4.69) is 9.97 Å². The SMILES string of the molecule is Cc1cn([C@@H]2O[C@H](CO)C(O)[C@@H]2OCCC(=O)CCCn2cnc3ccccc32)c(=O)[nH]c1=O. The molecule has 3 heterocycles. The van der Waals surface area contributed by atoms with Crippen molar-refractivity contribution in [1.82, 2.24) is 19.1 Å². The Hall–Kier alpha value is -3.12. The maximum Gasteiger partial charge on any atom is 0.330 e. The molecular weight excluding hydrogens is 444 g/mol. The van der Waals surface area contributed by atoms with Crippen molar-refractivity contribution in [3.63, 3.8) is 0 Å². The summed E-state index contributed by atoms with van der Waals surface area (Å²) < 4.78 is 14.5. The van der Waals surface area contributed by atoms with Crippen LogP contribution in [0, 0.1) is 6.92 Å². The van der Waals surface area contributed by atoms with Gasteiger partial charge in [-0.3, -0.25) is 19.1 Å². The monoisotopic (exact) mass is 472 g/mol. The highest BCUT2D eigenvalue weighted by Gasteiger charge is 2.45. The zero-order chi connectivity index (χ0) is 24.2. The average Bonchev–Trinajstić information content (AvgIpc) is 3.37. The van der Waals surface area contributed by atoms with Crippen molar-refractivity contribution in [2.45, 2.75) is 57.3 Å². The predicted molar refractivity (Wildman–Crippen MR) is 121 cm³/mol. The van der Waals surface area contributed by atoms with E-state index in [9.17, 15) is 24.6 Å². The molecule has 0 bridgehead atoms. The molecule has 1 aliphatic heterocycles. The number of aliphatic hydroxyl groups excluding tert-OH is 2. The molecule has 34 heavy (non-hydrogen) atoms. The van der Waals surface area contributed by atoms with Gasteiger partial charge in [-0.15, -0.1) is 0 Å². The lowest BCUT2D eigenvalue weighted by Crippen LogP contribution is -2.40. The number of ketones is 1. The van der Waals surface area contributed by atoms with E-state index in [1.165, 1.54) is 13.1 Å². The number of Topliss-reactive ketones (excluding diaryl/α,β-unsaturated/α-hetero) is 1. The summed E-state index contributed by atoms with van der Waals surface area (Å²) in [5, 5.41) is 20.0. The lowest BCUT2D eigenvalue weighted by atomic mass is 10.1. The van der Waals surface area contributed by atoms with Gasteiger partial charge in [0.15, 0.2) is 6.23 Å². The third-order valence-electron chi connectivity index (χ3n) is 5.99. The number of carbonyl (C=O) groups excluding carboxylic acids is 1. The fourth-order valence-corrected chi connectivity index (χ4v) is 4.12. The Balaban J connectivity index is 1.32. The second-order valence-electron chi connectivity index (χ2n) is 8.37. The largest absolute Gasteiger partial charge is 0.394 e. The first kappa shape index (κ1) is 24.0. The third-order valence-corrected chi connectivity index (χ3v) is 5.99. The summed E-state index contributed by atoms with van der Waals surface area (Å²) >= 11 is 0. The van der Waals surface area contributed by atoms with E-state index < -0.39 is 42.4 Å². The number of ether oxygens (including phenoxy) is 2. The maximum atomic E-state index is 12.4. The van der Waals surface area contributed by atoms with Gasteiger partial charge < -0.3 is 24.3 Å². The van der Waals surface area contributed by atoms with Crippen LogP contribution in [0.3, 0.4) is 0 Å². The first-order valence-corrected chi connectivity index (χ1v) is 11.2. The van der Waals surface area contributed by atoms with E-state index in [1.807, 2.05) is 28.8 Å². The normalized spacial score (nSPS) is 22.4. The number of benzene rings is 1. The second kappa shape index (κ2) is 10.4. The minimum Gasteiger partial charge on any atom is -0.394 e. The van der Waals surface area contributed by atoms with Gasteiger partial charge in [-0.25, -0.2) is 9.78 Å². The Labute approximate surface area is 194 Å². The Morgan fingerprint density at radius 1 is 1.26 bits per heavy atom. The number of hydrogen-bond acceptors (Lipinski definition) is 8. The number of nitrogens with zero attached hydrogens (tertiary/aromatic N) is 3. The standard InChI is InChI=1S/C23H28N4O7/c1-14-11-27(23(32)25-21(14)31)22-20(19(30)18(12-28)34-22)33-10-8-15(29)5-4-9-26-13-24-16-6-2-3-7-17(16)26/h2-3,6-7,11,13,18-20,22,28,30H,4-5,8-10,12H2,1H3,(H,25,31,32)/t18-,19?,20+,22-/m1/s1. The molecule has 0 amide bonds. The molecule has 11 heteroatoms. The molecule has 11 nitrogen and oxygen atoms in total. The molecule has 1 saturated heterocycles. The predicted octanol–water partition coefficient (Wildman–Crippen LogP) is 0.270. The highest BCUT2D eigenvalue weighted by atomic mass is 16.6. The van der Waals surface area contributed by atoms with Crippen LogP contribution in [0.1, 0.15) is 31.1 Å². The highest BCUT2D eigenvalue weighted by molar-refractivity contribution is 5.78. The Morgan fingerprint density at radius 2 is 2.06 bits per heavy atom. The number of nitrogens with one attached hydrogen (secondary N) is 1. The molecule has 1 unspecified atom stereocenters. The zero-order valence-corrected chi connectivity index (χ0v) is 18.8. The van der Waals surface area contributed by atoms with Crippen LogP contribution in [0.25, 0.3) is 11.0 Å². The number of aromatic nitrogens is 4. The number of rotatable bonds is 10. The summed E-state index contributed by atoms with van der Waals surface area (Å²) in [4.78, 5) is 42.8. The van der Waals surface area contributed by atoms with E-state index in [1.54, 1.807) is 6.33 Å². The number of aliphatic hydroxyl groups is 2. The van der Waals surface area contributed by atoms with E-state index >= 15 is 0 Å². The van der Waals surface area contributed by atoms with E-state index in [0.717, 1.165) is 15.6 Å². The van der Waals surface area contributed by atoms with Crippen LogP contribution in [-0.4, -0.2) is 66.6 Å². The van der Waals surface area contributed by atoms with Gasteiger partial charge in [-0.2, -0.15) is 0 Å². The van der Waals surface area contributed by atoms with E-state index in [0.29, 0.717) is 19.4 Å². The summed E-state index contributed by atoms with van der Waals surface area (Å²) in [5.41, 5.74) is 0.968. The minimum absolute atomic E-state index is 0.00476. The number of carbonyl (C=O) groups is 1. The number of hydrogen-bond donors (Lipinski definition) is 3. The van der Waals surface area contributed by atoms with Crippen molar-refractivity contribution < 1.29 is 24.5 Å². The molecule has 0 saturated carbocycles. The third kappa shape index (κ3) is 5.02. The number of aryl methyl sites for hydroxylation is 2. The molecule has 3 N–H and O–H groups in total. The van der Waals surface area contributed by atoms with Gasteiger partial charge in [-0.05, 0) is 25.5 Å². The molecule has 0 aliphatic carbocycles. The van der Waals surface area contributed by atoms with Gasteiger partial charge in [0.25, 0.3) is 5.56 Å². The number of aromatic amines is 1. The highest BCUT2D eigenvalue weighted by Crippen LogP contribution is 2.31. The fourth-order valence-electron chi connectivity index (χ4n) is 4.12. The average molecular weight is 472 g/mol. The first-order valence-electron chi connectivity index (χ1n) is 11.2. The minimum atomic E-state index is -1.21. The topological polar surface area (TPSA) is 149 Å². The first-order chi connectivity index (χ1) is 16.4. The molecule has 2 aromatic heterocycles. The lowest BCUT2D eigenvalue weighted by Gasteiger charge is -2.22. The van der Waals surface area contributed by atoms with Crippen LogP contribution in [0.15, 0.2) is 46.4 Å². The molecule has 4 rings (SSSR count). The second-order valence-corrected chi connectivity index (χ2v) is 8.37. The molecule has 4 atom stereocenters. The summed E-state index contributed by atoms with van der Waals surface area (Å²) in [5.74, 6) is 0.00476. The Kier molecular flexibility index (Phi) is 7.37. The smallest absolute Gasteiger partial charge is 0.330 e. The molecular formula is C23H28N4O7. The van der Waals surface area contributed by atoms with Crippen LogP contribution < -0.4 is 11.2 Å². The Bertz CT molecular complexity index is 1260. The zero-order valence-electron chi connectivity index (χ0n) is 18.8. The van der Waals surface area contributed by atoms with Gasteiger partial charge >= 0.3 is 5.69 Å². The molecule has 0 spiro atoms. The number of H-pyrrole nitrogens is 1. The number of fused-ring (bicyclic) bond motifs is 1.